The second-order valence-electron chi connectivity index (χ2n) is 6.46. The van der Waals surface area contributed by atoms with Crippen molar-refractivity contribution in [2.45, 2.75) is 44.8 Å². The summed E-state index contributed by atoms with van der Waals surface area (Å²) in [5.41, 5.74) is 0.959. The van der Waals surface area contributed by atoms with Crippen LogP contribution in [0.3, 0.4) is 0 Å². The number of halogens is 2. The van der Waals surface area contributed by atoms with Crippen LogP contribution in [0.25, 0.3) is 0 Å². The minimum Gasteiger partial charge on any atom is -0.478 e. The number of carboxylic acids is 1. The Bertz CT molecular complexity index is 707. The van der Waals surface area contributed by atoms with E-state index in [1.165, 1.54) is 12.1 Å². The molecular weight excluding hydrogens is 409 g/mol. The Kier molecular flexibility index (Phi) is 6.13. The van der Waals surface area contributed by atoms with Gasteiger partial charge in [0.05, 0.1) is 4.47 Å². The van der Waals surface area contributed by atoms with Gasteiger partial charge in [0.25, 0.3) is 0 Å². The van der Waals surface area contributed by atoms with Crippen molar-refractivity contribution in [3.63, 3.8) is 0 Å². The van der Waals surface area contributed by atoms with Gasteiger partial charge in [-0.25, -0.2) is 9.18 Å². The highest BCUT2D eigenvalue weighted by Crippen LogP contribution is 2.37. The van der Waals surface area contributed by atoms with Crippen LogP contribution in [0.4, 0.5) is 4.39 Å². The van der Waals surface area contributed by atoms with Crippen LogP contribution in [-0.4, -0.2) is 42.2 Å². The van der Waals surface area contributed by atoms with Gasteiger partial charge in [-0.1, -0.05) is 18.5 Å². The minimum atomic E-state index is -1.05. The lowest BCUT2D eigenvalue weighted by Crippen LogP contribution is -2.31. The number of nitrogens with zero attached hydrogens (tertiary/aromatic N) is 1. The molecule has 6 nitrogen and oxygen atoms in total. The number of rotatable bonds is 9. The molecule has 8 heteroatoms. The lowest BCUT2D eigenvalue weighted by atomic mass is 10.0. The number of hydrogen-bond acceptors (Lipinski definition) is 5. The van der Waals surface area contributed by atoms with Crippen LogP contribution < -0.4 is 4.74 Å². The SMILES string of the molecule is CCCCOC1CON=C1c1cc(Br)c(F)cc1O[C@H](C(=O)O)C1CC1. The molecule has 26 heavy (non-hydrogen) atoms. The van der Waals surface area contributed by atoms with Crippen LogP contribution in [0.15, 0.2) is 21.8 Å². The van der Waals surface area contributed by atoms with E-state index in [9.17, 15) is 14.3 Å². The van der Waals surface area contributed by atoms with E-state index in [0.29, 0.717) is 17.9 Å². The van der Waals surface area contributed by atoms with Gasteiger partial charge < -0.3 is 19.4 Å². The zero-order valence-corrected chi connectivity index (χ0v) is 16.0. The van der Waals surface area contributed by atoms with Crippen molar-refractivity contribution in [1.29, 1.82) is 0 Å². The van der Waals surface area contributed by atoms with Crippen LogP contribution in [0, 0.1) is 11.7 Å². The summed E-state index contributed by atoms with van der Waals surface area (Å²) in [7, 11) is 0. The van der Waals surface area contributed by atoms with E-state index in [-0.39, 0.29) is 22.7 Å². The summed E-state index contributed by atoms with van der Waals surface area (Å²) in [5.74, 6) is -1.50. The summed E-state index contributed by atoms with van der Waals surface area (Å²) in [4.78, 5) is 16.7. The smallest absolute Gasteiger partial charge is 0.345 e. The van der Waals surface area contributed by atoms with Gasteiger partial charge in [-0.2, -0.15) is 0 Å². The van der Waals surface area contributed by atoms with Gasteiger partial charge in [-0.05, 0) is 41.3 Å². The second kappa shape index (κ2) is 8.35. The summed E-state index contributed by atoms with van der Waals surface area (Å²) in [6.45, 7) is 2.89. The Morgan fingerprint density at radius 1 is 1.50 bits per heavy atom. The molecule has 1 fully saturated rings. The Labute approximate surface area is 159 Å². The first-order valence-electron chi connectivity index (χ1n) is 8.71. The first-order valence-corrected chi connectivity index (χ1v) is 9.50. The molecule has 1 heterocycles. The van der Waals surface area contributed by atoms with Crippen molar-refractivity contribution in [2.75, 3.05) is 13.2 Å². The number of hydrogen-bond donors (Lipinski definition) is 1. The van der Waals surface area contributed by atoms with Crippen LogP contribution in [-0.2, 0) is 14.4 Å². The standard InChI is InChI=1S/C18H21BrFNO5/c1-2-3-6-24-15-9-25-21-16(15)11-7-12(19)13(20)8-14(11)26-17(18(22)23)10-4-5-10/h7-8,10,15,17H,2-6,9H2,1H3,(H,22,23)/t15?,17-/m0/s1. The van der Waals surface area contributed by atoms with E-state index in [1.54, 1.807) is 0 Å². The molecule has 1 unspecified atom stereocenters. The van der Waals surface area contributed by atoms with E-state index < -0.39 is 24.0 Å². The number of benzene rings is 1. The molecule has 2 atom stereocenters. The summed E-state index contributed by atoms with van der Waals surface area (Å²) < 4.78 is 25.8. The number of aliphatic carboxylic acids is 1. The topological polar surface area (TPSA) is 77.3 Å². The van der Waals surface area contributed by atoms with Gasteiger partial charge >= 0.3 is 5.97 Å². The third kappa shape index (κ3) is 4.35. The molecule has 1 aromatic carbocycles. The molecule has 0 radical (unpaired) electrons. The molecule has 1 aliphatic carbocycles. The van der Waals surface area contributed by atoms with E-state index >= 15 is 0 Å². The Balaban J connectivity index is 1.87. The monoisotopic (exact) mass is 429 g/mol. The molecule has 1 aromatic rings. The minimum absolute atomic E-state index is 0.0505. The largest absolute Gasteiger partial charge is 0.478 e. The van der Waals surface area contributed by atoms with Gasteiger partial charge in [0, 0.05) is 24.2 Å². The second-order valence-corrected chi connectivity index (χ2v) is 7.32. The number of oxime groups is 1. The zero-order valence-electron chi connectivity index (χ0n) is 14.4. The highest BCUT2D eigenvalue weighted by molar-refractivity contribution is 9.10. The zero-order chi connectivity index (χ0) is 18.7. The molecule has 1 aliphatic heterocycles. The van der Waals surface area contributed by atoms with E-state index in [1.807, 2.05) is 0 Å². The number of ether oxygens (including phenoxy) is 2. The van der Waals surface area contributed by atoms with Crippen molar-refractivity contribution in [3.8, 4) is 5.75 Å². The molecule has 0 saturated heterocycles. The normalized spacial score (nSPS) is 20.4. The fourth-order valence-electron chi connectivity index (χ4n) is 2.74. The molecule has 3 rings (SSSR count). The van der Waals surface area contributed by atoms with Crippen LogP contribution in [0.5, 0.6) is 5.75 Å². The third-order valence-corrected chi connectivity index (χ3v) is 4.96. The molecule has 1 N–H and O–H groups in total. The van der Waals surface area contributed by atoms with Gasteiger partial charge in [0.2, 0.25) is 0 Å². The average Bonchev–Trinajstić information content (AvgIpc) is 3.33. The van der Waals surface area contributed by atoms with Crippen molar-refractivity contribution in [3.05, 3.63) is 28.0 Å². The molecule has 1 saturated carbocycles. The first kappa shape index (κ1) is 19.1. The first-order chi connectivity index (χ1) is 12.5. The Morgan fingerprint density at radius 2 is 2.27 bits per heavy atom. The van der Waals surface area contributed by atoms with E-state index in [4.69, 9.17) is 14.3 Å². The molecule has 0 spiro atoms. The lowest BCUT2D eigenvalue weighted by Gasteiger charge is -2.19. The maximum atomic E-state index is 14.1. The summed E-state index contributed by atoms with van der Waals surface area (Å²) in [6, 6.07) is 2.71. The fourth-order valence-corrected chi connectivity index (χ4v) is 3.09. The molecular formula is C18H21BrFNO5. The molecule has 0 aromatic heterocycles. The predicted molar refractivity (Wildman–Crippen MR) is 96.0 cm³/mol. The Hall–Kier alpha value is -1.67. The van der Waals surface area contributed by atoms with Crippen LogP contribution in [0.1, 0.15) is 38.2 Å². The maximum Gasteiger partial charge on any atom is 0.345 e. The van der Waals surface area contributed by atoms with Crippen LogP contribution >= 0.6 is 15.9 Å². The summed E-state index contributed by atoms with van der Waals surface area (Å²) >= 11 is 3.16. The highest BCUT2D eigenvalue weighted by atomic mass is 79.9. The number of unbranched alkanes of at least 4 members (excludes halogenated alkanes) is 1. The summed E-state index contributed by atoms with van der Waals surface area (Å²) in [6.07, 6.45) is 2.08. The highest BCUT2D eigenvalue weighted by Gasteiger charge is 2.39. The molecule has 0 amide bonds. The fraction of sp³-hybridized carbons (Fsp3) is 0.556. The third-order valence-electron chi connectivity index (χ3n) is 4.36. The van der Waals surface area contributed by atoms with E-state index in [0.717, 1.165) is 25.7 Å². The van der Waals surface area contributed by atoms with Crippen molar-refractivity contribution < 1.29 is 28.6 Å². The average molecular weight is 430 g/mol. The molecule has 142 valence electrons. The number of carbonyl (C=O) groups is 1. The molecule has 2 aliphatic rings. The number of carboxylic acid groups (broad SMARTS) is 1. The van der Waals surface area contributed by atoms with Crippen molar-refractivity contribution in [2.24, 2.45) is 11.1 Å². The molecule has 0 bridgehead atoms. The van der Waals surface area contributed by atoms with Crippen LogP contribution in [0.2, 0.25) is 0 Å². The lowest BCUT2D eigenvalue weighted by molar-refractivity contribution is -0.146. The maximum absolute atomic E-state index is 14.1. The van der Waals surface area contributed by atoms with Gasteiger partial charge in [-0.15, -0.1) is 0 Å². The van der Waals surface area contributed by atoms with Gasteiger partial charge in [0.1, 0.15) is 30.0 Å². The Morgan fingerprint density at radius 3 is 2.92 bits per heavy atom. The van der Waals surface area contributed by atoms with Gasteiger partial charge in [-0.3, -0.25) is 0 Å². The van der Waals surface area contributed by atoms with Crippen molar-refractivity contribution >= 4 is 27.6 Å². The predicted octanol–water partition coefficient (Wildman–Crippen LogP) is 3.75. The summed E-state index contributed by atoms with van der Waals surface area (Å²) in [5, 5.41) is 13.4. The van der Waals surface area contributed by atoms with E-state index in [2.05, 4.69) is 28.0 Å². The van der Waals surface area contributed by atoms with Crippen molar-refractivity contribution in [1.82, 2.24) is 0 Å². The van der Waals surface area contributed by atoms with Gasteiger partial charge in [0.15, 0.2) is 6.10 Å². The quantitative estimate of drug-likeness (QED) is 0.604.